The monoisotopic (exact) mass is 259 g/mol. The van der Waals surface area contributed by atoms with Gasteiger partial charge in [0.25, 0.3) is 0 Å². The van der Waals surface area contributed by atoms with Gasteiger partial charge in [-0.3, -0.25) is 5.10 Å². The van der Waals surface area contributed by atoms with Crippen molar-refractivity contribution in [1.29, 1.82) is 0 Å². The maximum atomic E-state index is 11.4. The number of hydrogen-bond donors (Lipinski definition) is 2. The molecule has 0 bridgehead atoms. The number of benzene rings is 1. The molecule has 1 atom stereocenters. The van der Waals surface area contributed by atoms with Crippen LogP contribution in [0, 0.1) is 6.92 Å². The van der Waals surface area contributed by atoms with Gasteiger partial charge in [-0.1, -0.05) is 0 Å². The maximum Gasteiger partial charge on any atom is 0.337 e. The standard InChI is InChI=1S/C14H17N3O2/c1-9-8-11(14(18)19-3)4-5-12(9)16-10(2)13-6-7-15-17-13/h4-8,10,16H,1-3H3,(H,15,17). The molecule has 5 nitrogen and oxygen atoms in total. The molecule has 2 aromatic rings. The summed E-state index contributed by atoms with van der Waals surface area (Å²) in [4.78, 5) is 11.4. The topological polar surface area (TPSA) is 67.0 Å². The first-order valence-corrected chi connectivity index (χ1v) is 6.06. The van der Waals surface area contributed by atoms with E-state index in [1.807, 2.05) is 32.0 Å². The Balaban J connectivity index is 2.15. The highest BCUT2D eigenvalue weighted by Crippen LogP contribution is 2.22. The van der Waals surface area contributed by atoms with E-state index in [1.54, 1.807) is 12.3 Å². The second-order valence-corrected chi connectivity index (χ2v) is 4.40. The molecule has 0 radical (unpaired) electrons. The number of ether oxygens (including phenoxy) is 1. The number of aryl methyl sites for hydroxylation is 1. The van der Waals surface area contributed by atoms with E-state index >= 15 is 0 Å². The quantitative estimate of drug-likeness (QED) is 0.828. The van der Waals surface area contributed by atoms with E-state index in [0.717, 1.165) is 16.9 Å². The van der Waals surface area contributed by atoms with Gasteiger partial charge in [0.1, 0.15) is 0 Å². The normalized spacial score (nSPS) is 11.9. The van der Waals surface area contributed by atoms with Gasteiger partial charge < -0.3 is 10.1 Å². The minimum atomic E-state index is -0.323. The van der Waals surface area contributed by atoms with Crippen LogP contribution in [0.2, 0.25) is 0 Å². The van der Waals surface area contributed by atoms with E-state index in [9.17, 15) is 4.79 Å². The molecule has 0 aliphatic carbocycles. The fraction of sp³-hybridized carbons (Fsp3) is 0.286. The Morgan fingerprint density at radius 1 is 1.42 bits per heavy atom. The molecule has 0 aliphatic heterocycles. The fourth-order valence-electron chi connectivity index (χ4n) is 1.89. The number of H-pyrrole nitrogens is 1. The summed E-state index contributed by atoms with van der Waals surface area (Å²) in [5.74, 6) is -0.323. The minimum Gasteiger partial charge on any atom is -0.465 e. The fourth-order valence-corrected chi connectivity index (χ4v) is 1.89. The molecule has 0 spiro atoms. The Bertz CT molecular complexity index is 564. The summed E-state index contributed by atoms with van der Waals surface area (Å²) >= 11 is 0. The molecule has 0 saturated heterocycles. The Hall–Kier alpha value is -2.30. The number of aromatic nitrogens is 2. The van der Waals surface area contributed by atoms with Crippen molar-refractivity contribution in [2.45, 2.75) is 19.9 Å². The molecule has 1 heterocycles. The summed E-state index contributed by atoms with van der Waals surface area (Å²) in [7, 11) is 1.38. The van der Waals surface area contributed by atoms with Gasteiger partial charge in [0.2, 0.25) is 0 Å². The maximum absolute atomic E-state index is 11.4. The van der Waals surface area contributed by atoms with Crippen molar-refractivity contribution in [3.05, 3.63) is 47.3 Å². The predicted molar refractivity (Wildman–Crippen MR) is 73.1 cm³/mol. The van der Waals surface area contributed by atoms with Gasteiger partial charge in [-0.05, 0) is 43.7 Å². The number of anilines is 1. The Morgan fingerprint density at radius 2 is 2.21 bits per heavy atom. The molecule has 5 heteroatoms. The van der Waals surface area contributed by atoms with E-state index in [2.05, 4.69) is 15.5 Å². The van der Waals surface area contributed by atoms with Gasteiger partial charge >= 0.3 is 5.97 Å². The van der Waals surface area contributed by atoms with Crippen LogP contribution in [0.5, 0.6) is 0 Å². The summed E-state index contributed by atoms with van der Waals surface area (Å²) in [6.45, 7) is 4.00. The number of methoxy groups -OCH3 is 1. The summed E-state index contributed by atoms with van der Waals surface area (Å²) in [6, 6.07) is 7.49. The number of nitrogens with one attached hydrogen (secondary N) is 2. The van der Waals surface area contributed by atoms with Gasteiger partial charge in [0, 0.05) is 11.9 Å². The van der Waals surface area contributed by atoms with Crippen LogP contribution >= 0.6 is 0 Å². The Kier molecular flexibility index (Phi) is 3.85. The Morgan fingerprint density at radius 3 is 2.79 bits per heavy atom. The van der Waals surface area contributed by atoms with E-state index in [-0.39, 0.29) is 12.0 Å². The SMILES string of the molecule is COC(=O)c1ccc(NC(C)c2ccn[nH]2)c(C)c1. The number of carbonyl (C=O) groups excluding carboxylic acids is 1. The van der Waals surface area contributed by atoms with Gasteiger partial charge in [0.05, 0.1) is 24.4 Å². The van der Waals surface area contributed by atoms with E-state index in [4.69, 9.17) is 4.74 Å². The first kappa shape index (κ1) is 13.1. The van der Waals surface area contributed by atoms with E-state index in [0.29, 0.717) is 5.56 Å². The summed E-state index contributed by atoms with van der Waals surface area (Å²) < 4.78 is 4.70. The Labute approximate surface area is 112 Å². The van der Waals surface area contributed by atoms with Crippen molar-refractivity contribution >= 4 is 11.7 Å². The molecule has 0 aliphatic rings. The van der Waals surface area contributed by atoms with Crippen molar-refractivity contribution in [1.82, 2.24) is 10.2 Å². The van der Waals surface area contributed by atoms with Crippen LogP contribution in [-0.2, 0) is 4.74 Å². The second-order valence-electron chi connectivity index (χ2n) is 4.40. The highest BCUT2D eigenvalue weighted by molar-refractivity contribution is 5.90. The summed E-state index contributed by atoms with van der Waals surface area (Å²) in [5.41, 5.74) is 3.54. The number of carbonyl (C=O) groups is 1. The smallest absolute Gasteiger partial charge is 0.337 e. The zero-order valence-corrected chi connectivity index (χ0v) is 11.2. The number of aromatic amines is 1. The zero-order valence-electron chi connectivity index (χ0n) is 11.2. The van der Waals surface area contributed by atoms with Gasteiger partial charge in [0.15, 0.2) is 0 Å². The number of rotatable bonds is 4. The lowest BCUT2D eigenvalue weighted by Crippen LogP contribution is -2.09. The number of hydrogen-bond acceptors (Lipinski definition) is 4. The average Bonchev–Trinajstić information content (AvgIpc) is 2.94. The van der Waals surface area contributed by atoms with Gasteiger partial charge in [-0.15, -0.1) is 0 Å². The van der Waals surface area contributed by atoms with E-state index < -0.39 is 0 Å². The third kappa shape index (κ3) is 2.93. The van der Waals surface area contributed by atoms with Crippen molar-refractivity contribution in [2.75, 3.05) is 12.4 Å². The van der Waals surface area contributed by atoms with Crippen LogP contribution in [-0.4, -0.2) is 23.3 Å². The van der Waals surface area contributed by atoms with E-state index in [1.165, 1.54) is 7.11 Å². The molecule has 19 heavy (non-hydrogen) atoms. The third-order valence-electron chi connectivity index (χ3n) is 3.01. The van der Waals surface area contributed by atoms with Crippen LogP contribution in [0.3, 0.4) is 0 Å². The van der Waals surface area contributed by atoms with Crippen LogP contribution in [0.15, 0.2) is 30.5 Å². The molecule has 2 N–H and O–H groups in total. The lowest BCUT2D eigenvalue weighted by atomic mass is 10.1. The molecule has 0 fully saturated rings. The van der Waals surface area contributed by atoms with Gasteiger partial charge in [-0.25, -0.2) is 4.79 Å². The molecule has 1 aromatic carbocycles. The first-order valence-electron chi connectivity index (χ1n) is 6.06. The van der Waals surface area contributed by atoms with Crippen molar-refractivity contribution < 1.29 is 9.53 Å². The summed E-state index contributed by atoms with van der Waals surface area (Å²) in [5, 5.41) is 10.2. The predicted octanol–water partition coefficient (Wildman–Crippen LogP) is 2.68. The number of esters is 1. The molecular weight excluding hydrogens is 242 g/mol. The lowest BCUT2D eigenvalue weighted by Gasteiger charge is -2.16. The molecule has 1 unspecified atom stereocenters. The summed E-state index contributed by atoms with van der Waals surface area (Å²) in [6.07, 6.45) is 1.72. The largest absolute Gasteiger partial charge is 0.465 e. The van der Waals surface area contributed by atoms with Gasteiger partial charge in [-0.2, -0.15) is 5.10 Å². The highest BCUT2D eigenvalue weighted by atomic mass is 16.5. The average molecular weight is 259 g/mol. The molecule has 0 amide bonds. The third-order valence-corrected chi connectivity index (χ3v) is 3.01. The molecule has 100 valence electrons. The minimum absolute atomic E-state index is 0.116. The van der Waals surface area contributed by atoms with Crippen molar-refractivity contribution in [2.24, 2.45) is 0 Å². The van der Waals surface area contributed by atoms with Crippen LogP contribution in [0.1, 0.15) is 34.6 Å². The molecular formula is C14H17N3O2. The van der Waals surface area contributed by atoms with Crippen molar-refractivity contribution in [3.63, 3.8) is 0 Å². The molecule has 1 aromatic heterocycles. The van der Waals surface area contributed by atoms with Crippen LogP contribution in [0.25, 0.3) is 0 Å². The first-order chi connectivity index (χ1) is 9.11. The molecule has 2 rings (SSSR count). The van der Waals surface area contributed by atoms with Crippen LogP contribution in [0.4, 0.5) is 5.69 Å². The zero-order chi connectivity index (χ0) is 13.8. The second kappa shape index (κ2) is 5.56. The van der Waals surface area contributed by atoms with Crippen molar-refractivity contribution in [3.8, 4) is 0 Å². The number of nitrogens with zero attached hydrogens (tertiary/aromatic N) is 1. The molecule has 0 saturated carbocycles. The highest BCUT2D eigenvalue weighted by Gasteiger charge is 2.10. The lowest BCUT2D eigenvalue weighted by molar-refractivity contribution is 0.0600. The van der Waals surface area contributed by atoms with Crippen LogP contribution < -0.4 is 5.32 Å².